The zero-order valence-electron chi connectivity index (χ0n) is 14.0. The first-order valence-corrected chi connectivity index (χ1v) is 9.11. The Bertz CT molecular complexity index is 437. The summed E-state index contributed by atoms with van der Waals surface area (Å²) in [5, 5.41) is 9.55. The molecule has 1 N–H and O–H groups in total. The van der Waals surface area contributed by atoms with Gasteiger partial charge in [-0.3, -0.25) is 9.59 Å². The Labute approximate surface area is 138 Å². The van der Waals surface area contributed by atoms with Crippen molar-refractivity contribution in [3.8, 4) is 0 Å². The van der Waals surface area contributed by atoms with Crippen LogP contribution in [-0.2, 0) is 9.59 Å². The maximum Gasteiger partial charge on any atom is 0.242 e. The fourth-order valence-corrected chi connectivity index (χ4v) is 4.08. The Hall–Kier alpha value is -1.14. The van der Waals surface area contributed by atoms with Crippen molar-refractivity contribution >= 4 is 11.8 Å². The molecule has 6 heteroatoms. The van der Waals surface area contributed by atoms with E-state index in [0.29, 0.717) is 25.9 Å². The van der Waals surface area contributed by atoms with Crippen LogP contribution in [0.25, 0.3) is 0 Å². The van der Waals surface area contributed by atoms with Gasteiger partial charge >= 0.3 is 0 Å². The molecule has 0 saturated carbocycles. The minimum absolute atomic E-state index is 0.0126. The molecule has 2 amide bonds. The van der Waals surface area contributed by atoms with Crippen molar-refractivity contribution in [3.63, 3.8) is 0 Å². The van der Waals surface area contributed by atoms with E-state index in [9.17, 15) is 14.7 Å². The molecule has 3 saturated heterocycles. The number of β-amino-alcohol motifs (C(OH)–C–C–N with tert-alkyl or cyclic N) is 1. The lowest BCUT2D eigenvalue weighted by atomic mass is 10.1. The number of aliphatic hydroxyl groups is 1. The predicted octanol–water partition coefficient (Wildman–Crippen LogP) is 0.447. The molecular formula is C17H29N3O3. The highest BCUT2D eigenvalue weighted by Crippen LogP contribution is 2.23. The number of aliphatic hydroxyl groups excluding tert-OH is 1. The molecule has 1 unspecified atom stereocenters. The van der Waals surface area contributed by atoms with E-state index in [1.807, 2.05) is 0 Å². The molecule has 0 aromatic heterocycles. The highest BCUT2D eigenvalue weighted by molar-refractivity contribution is 5.86. The maximum atomic E-state index is 12.3. The van der Waals surface area contributed by atoms with Gasteiger partial charge in [-0.25, -0.2) is 0 Å². The molecule has 0 bridgehead atoms. The molecule has 2 atom stereocenters. The smallest absolute Gasteiger partial charge is 0.242 e. The van der Waals surface area contributed by atoms with Crippen LogP contribution < -0.4 is 0 Å². The number of likely N-dealkylation sites (tertiary alicyclic amines) is 3. The summed E-state index contributed by atoms with van der Waals surface area (Å²) in [5.74, 6) is 0.102. The second-order valence-electron chi connectivity index (χ2n) is 7.19. The lowest BCUT2D eigenvalue weighted by molar-refractivity contribution is -0.139. The summed E-state index contributed by atoms with van der Waals surface area (Å²) in [7, 11) is 0. The lowest BCUT2D eigenvalue weighted by Crippen LogP contribution is -2.43. The van der Waals surface area contributed by atoms with Gasteiger partial charge in [0, 0.05) is 25.6 Å². The Kier molecular flexibility index (Phi) is 5.54. The number of rotatable bonds is 6. The number of carbonyl (C=O) groups is 2. The molecule has 130 valence electrons. The molecule has 0 aromatic rings. The number of hydrogen-bond acceptors (Lipinski definition) is 4. The topological polar surface area (TPSA) is 64.1 Å². The van der Waals surface area contributed by atoms with Crippen LogP contribution in [0.1, 0.15) is 44.9 Å². The first-order chi connectivity index (χ1) is 11.1. The van der Waals surface area contributed by atoms with Crippen LogP contribution in [0.15, 0.2) is 0 Å². The van der Waals surface area contributed by atoms with Gasteiger partial charge < -0.3 is 19.8 Å². The van der Waals surface area contributed by atoms with Gasteiger partial charge in [-0.1, -0.05) is 0 Å². The molecular weight excluding hydrogens is 294 g/mol. The van der Waals surface area contributed by atoms with Gasteiger partial charge in [0.2, 0.25) is 11.8 Å². The Balaban J connectivity index is 1.45. The van der Waals surface area contributed by atoms with Gasteiger partial charge in [-0.2, -0.15) is 0 Å². The standard InChI is InChI=1S/C17H29N3O3/c21-15-7-11-19(12-15)17(23)13-20-14(5-6-16(20)22)4-3-10-18-8-1-2-9-18/h14-15,21H,1-13H2/t14?,15-/m1/s1. The van der Waals surface area contributed by atoms with Crippen molar-refractivity contribution in [1.82, 2.24) is 14.7 Å². The molecule has 0 radical (unpaired) electrons. The average molecular weight is 323 g/mol. The van der Waals surface area contributed by atoms with E-state index >= 15 is 0 Å². The fraction of sp³-hybridized carbons (Fsp3) is 0.882. The van der Waals surface area contributed by atoms with Crippen molar-refractivity contribution in [2.75, 3.05) is 39.3 Å². The third kappa shape index (κ3) is 4.23. The summed E-state index contributed by atoms with van der Waals surface area (Å²) in [6, 6.07) is 0.224. The first-order valence-electron chi connectivity index (χ1n) is 9.11. The largest absolute Gasteiger partial charge is 0.391 e. The molecule has 3 rings (SSSR count). The van der Waals surface area contributed by atoms with E-state index in [4.69, 9.17) is 0 Å². The summed E-state index contributed by atoms with van der Waals surface area (Å²) in [5.41, 5.74) is 0. The molecule has 3 aliphatic heterocycles. The summed E-state index contributed by atoms with van der Waals surface area (Å²) in [6.07, 6.45) is 6.43. The van der Waals surface area contributed by atoms with Crippen LogP contribution in [-0.4, -0.2) is 83.0 Å². The Morgan fingerprint density at radius 1 is 1.17 bits per heavy atom. The Morgan fingerprint density at radius 2 is 1.96 bits per heavy atom. The van der Waals surface area contributed by atoms with Gasteiger partial charge in [0.25, 0.3) is 0 Å². The number of hydrogen-bond donors (Lipinski definition) is 1. The predicted molar refractivity (Wildman–Crippen MR) is 86.8 cm³/mol. The molecule has 6 nitrogen and oxygen atoms in total. The van der Waals surface area contributed by atoms with E-state index in [1.165, 1.54) is 25.9 Å². The SMILES string of the molecule is O=C(CN1C(=O)CCC1CCCN1CCCC1)N1CC[C@@H](O)C1. The zero-order valence-corrected chi connectivity index (χ0v) is 14.0. The number of nitrogens with zero attached hydrogens (tertiary/aromatic N) is 3. The van der Waals surface area contributed by atoms with Crippen molar-refractivity contribution in [2.24, 2.45) is 0 Å². The molecule has 23 heavy (non-hydrogen) atoms. The molecule has 0 aromatic carbocycles. The minimum Gasteiger partial charge on any atom is -0.391 e. The van der Waals surface area contributed by atoms with Gasteiger partial charge in [0.1, 0.15) is 6.54 Å². The third-order valence-electron chi connectivity index (χ3n) is 5.48. The van der Waals surface area contributed by atoms with Crippen LogP contribution in [0.4, 0.5) is 0 Å². The van der Waals surface area contributed by atoms with Crippen molar-refractivity contribution < 1.29 is 14.7 Å². The Morgan fingerprint density at radius 3 is 2.65 bits per heavy atom. The zero-order chi connectivity index (χ0) is 16.2. The van der Waals surface area contributed by atoms with Crippen LogP contribution in [0, 0.1) is 0 Å². The van der Waals surface area contributed by atoms with E-state index < -0.39 is 6.10 Å². The highest BCUT2D eigenvalue weighted by atomic mass is 16.3. The van der Waals surface area contributed by atoms with Gasteiger partial charge in [-0.15, -0.1) is 0 Å². The van der Waals surface area contributed by atoms with Crippen LogP contribution in [0.5, 0.6) is 0 Å². The van der Waals surface area contributed by atoms with Gasteiger partial charge in [0.15, 0.2) is 0 Å². The summed E-state index contributed by atoms with van der Waals surface area (Å²) in [6.45, 7) is 4.76. The van der Waals surface area contributed by atoms with E-state index in [1.54, 1.807) is 9.80 Å². The van der Waals surface area contributed by atoms with Crippen LogP contribution in [0.2, 0.25) is 0 Å². The molecule has 0 aliphatic carbocycles. The lowest BCUT2D eigenvalue weighted by Gasteiger charge is -2.27. The minimum atomic E-state index is -0.399. The quantitative estimate of drug-likeness (QED) is 0.771. The fourth-order valence-electron chi connectivity index (χ4n) is 4.08. The second kappa shape index (κ2) is 7.62. The monoisotopic (exact) mass is 323 g/mol. The van der Waals surface area contributed by atoms with E-state index in [-0.39, 0.29) is 24.4 Å². The molecule has 3 heterocycles. The van der Waals surface area contributed by atoms with Gasteiger partial charge in [0.05, 0.1) is 6.10 Å². The number of carbonyl (C=O) groups excluding carboxylic acids is 2. The summed E-state index contributed by atoms with van der Waals surface area (Å²) in [4.78, 5) is 30.4. The van der Waals surface area contributed by atoms with Gasteiger partial charge in [-0.05, 0) is 58.2 Å². The molecule has 3 fully saturated rings. The van der Waals surface area contributed by atoms with E-state index in [0.717, 1.165) is 25.8 Å². The normalized spacial score (nSPS) is 29.0. The van der Waals surface area contributed by atoms with Crippen LogP contribution in [0.3, 0.4) is 0 Å². The summed E-state index contributed by atoms with van der Waals surface area (Å²) >= 11 is 0. The number of amides is 2. The van der Waals surface area contributed by atoms with Crippen molar-refractivity contribution in [2.45, 2.75) is 57.1 Å². The highest BCUT2D eigenvalue weighted by Gasteiger charge is 2.34. The molecule has 3 aliphatic rings. The summed E-state index contributed by atoms with van der Waals surface area (Å²) < 4.78 is 0. The first kappa shape index (κ1) is 16.7. The molecule has 0 spiro atoms. The average Bonchev–Trinajstić information content (AvgIpc) is 3.25. The van der Waals surface area contributed by atoms with E-state index in [2.05, 4.69) is 4.90 Å². The maximum absolute atomic E-state index is 12.3. The van der Waals surface area contributed by atoms with Crippen LogP contribution >= 0.6 is 0 Å². The van der Waals surface area contributed by atoms with Crippen molar-refractivity contribution in [1.29, 1.82) is 0 Å². The second-order valence-corrected chi connectivity index (χ2v) is 7.19. The third-order valence-corrected chi connectivity index (χ3v) is 5.48. The van der Waals surface area contributed by atoms with Crippen molar-refractivity contribution in [3.05, 3.63) is 0 Å².